The summed E-state index contributed by atoms with van der Waals surface area (Å²) in [4.78, 5) is 54.2. The number of nitrogens with zero attached hydrogens (tertiary/aromatic N) is 1. The van der Waals surface area contributed by atoms with Crippen molar-refractivity contribution in [3.8, 4) is 0 Å². The van der Waals surface area contributed by atoms with Crippen LogP contribution < -0.4 is 21.7 Å². The average Bonchev–Trinajstić information content (AvgIpc) is 3.19. The van der Waals surface area contributed by atoms with Crippen molar-refractivity contribution < 1.29 is 39.6 Å². The third-order valence-corrected chi connectivity index (χ3v) is 4.01. The van der Waals surface area contributed by atoms with E-state index in [0.29, 0.717) is 5.69 Å². The lowest BCUT2D eigenvalue weighted by Gasteiger charge is -2.25. The Labute approximate surface area is 170 Å². The average molecular weight is 430 g/mol. The quantitative estimate of drug-likeness (QED) is 0.153. The zero-order chi connectivity index (χ0) is 22.8. The van der Waals surface area contributed by atoms with Crippen molar-refractivity contribution in [2.75, 3.05) is 13.2 Å². The van der Waals surface area contributed by atoms with E-state index < -0.39 is 67.2 Å². The Morgan fingerprint density at radius 2 is 1.67 bits per heavy atom. The van der Waals surface area contributed by atoms with Crippen molar-refractivity contribution in [2.24, 2.45) is 5.73 Å². The van der Waals surface area contributed by atoms with Gasteiger partial charge in [-0.25, -0.2) is 9.78 Å². The van der Waals surface area contributed by atoms with Gasteiger partial charge in [0.05, 0.1) is 31.7 Å². The molecule has 1 rings (SSSR count). The largest absolute Gasteiger partial charge is 0.480 e. The highest BCUT2D eigenvalue weighted by atomic mass is 16.4. The van der Waals surface area contributed by atoms with Crippen LogP contribution in [0.1, 0.15) is 12.6 Å². The normalized spacial score (nSPS) is 15.9. The molecule has 5 unspecified atom stereocenters. The minimum Gasteiger partial charge on any atom is -0.480 e. The summed E-state index contributed by atoms with van der Waals surface area (Å²) < 4.78 is 0. The number of imidazole rings is 1. The first-order chi connectivity index (χ1) is 14.1. The summed E-state index contributed by atoms with van der Waals surface area (Å²) in [5.74, 6) is -4.38. The predicted octanol–water partition coefficient (Wildman–Crippen LogP) is -4.82. The summed E-state index contributed by atoms with van der Waals surface area (Å²) in [7, 11) is 0. The number of aliphatic carboxylic acids is 1. The van der Waals surface area contributed by atoms with Gasteiger partial charge in [0.15, 0.2) is 0 Å². The highest BCUT2D eigenvalue weighted by Crippen LogP contribution is 2.00. The molecule has 1 heterocycles. The molecule has 5 atom stereocenters. The summed E-state index contributed by atoms with van der Waals surface area (Å²) >= 11 is 0. The van der Waals surface area contributed by atoms with Crippen LogP contribution in [0.4, 0.5) is 0 Å². The van der Waals surface area contributed by atoms with Gasteiger partial charge in [0.2, 0.25) is 17.7 Å². The molecule has 0 aliphatic carbocycles. The molecular weight excluding hydrogens is 404 g/mol. The maximum absolute atomic E-state index is 12.4. The molecule has 0 aromatic carbocycles. The van der Waals surface area contributed by atoms with Crippen LogP contribution in [0.3, 0.4) is 0 Å². The Morgan fingerprint density at radius 3 is 2.13 bits per heavy atom. The van der Waals surface area contributed by atoms with Crippen molar-refractivity contribution in [1.82, 2.24) is 25.9 Å². The molecule has 30 heavy (non-hydrogen) atoms. The van der Waals surface area contributed by atoms with Gasteiger partial charge in [-0.05, 0) is 6.92 Å². The molecule has 168 valence electrons. The standard InChI is InChI=1S/C16H26N6O8/c1-7(25)12(15(28)21-11(5-24)16(29)30)22-14(27)10(4-23)20-13(26)9(17)2-8-3-18-6-19-8/h3,6-7,9-12,23-25H,2,4-5,17H2,1H3,(H,18,19)(H,20,26)(H,21,28)(H,22,27)(H,29,30). The van der Waals surface area contributed by atoms with Gasteiger partial charge < -0.3 is 47.1 Å². The minimum absolute atomic E-state index is 0.0854. The molecule has 0 bridgehead atoms. The van der Waals surface area contributed by atoms with E-state index in [1.165, 1.54) is 12.5 Å². The number of hydrogen-bond acceptors (Lipinski definition) is 9. The molecule has 10 N–H and O–H groups in total. The number of nitrogens with one attached hydrogen (secondary N) is 4. The van der Waals surface area contributed by atoms with E-state index in [-0.39, 0.29) is 6.42 Å². The van der Waals surface area contributed by atoms with E-state index in [0.717, 1.165) is 6.92 Å². The predicted molar refractivity (Wildman–Crippen MR) is 99.5 cm³/mol. The fraction of sp³-hybridized carbons (Fsp3) is 0.562. The van der Waals surface area contributed by atoms with E-state index in [1.807, 2.05) is 5.32 Å². The molecule has 0 saturated heterocycles. The number of rotatable bonds is 12. The third-order valence-electron chi connectivity index (χ3n) is 4.01. The lowest BCUT2D eigenvalue weighted by molar-refractivity contribution is -0.144. The van der Waals surface area contributed by atoms with Gasteiger partial charge in [-0.2, -0.15) is 0 Å². The van der Waals surface area contributed by atoms with Crippen molar-refractivity contribution in [3.63, 3.8) is 0 Å². The van der Waals surface area contributed by atoms with Crippen molar-refractivity contribution >= 4 is 23.7 Å². The van der Waals surface area contributed by atoms with Gasteiger partial charge in [-0.15, -0.1) is 0 Å². The minimum atomic E-state index is -1.65. The number of carbonyl (C=O) groups is 4. The van der Waals surface area contributed by atoms with Gasteiger partial charge >= 0.3 is 5.97 Å². The lowest BCUT2D eigenvalue weighted by Crippen LogP contribution is -2.61. The molecule has 0 fully saturated rings. The highest BCUT2D eigenvalue weighted by molar-refractivity contribution is 5.94. The number of aliphatic hydroxyl groups is 3. The fourth-order valence-corrected chi connectivity index (χ4v) is 2.30. The summed E-state index contributed by atoms with van der Waals surface area (Å²) in [6.07, 6.45) is 1.49. The van der Waals surface area contributed by atoms with Crippen molar-refractivity contribution in [1.29, 1.82) is 0 Å². The Morgan fingerprint density at radius 1 is 1.07 bits per heavy atom. The number of nitrogens with two attached hydrogens (primary N) is 1. The Balaban J connectivity index is 2.74. The van der Waals surface area contributed by atoms with E-state index in [2.05, 4.69) is 20.6 Å². The molecule has 1 aromatic heterocycles. The van der Waals surface area contributed by atoms with Gasteiger partial charge in [-0.3, -0.25) is 14.4 Å². The number of carbonyl (C=O) groups excluding carboxylic acids is 3. The molecular formula is C16H26N6O8. The molecule has 0 aliphatic rings. The number of hydrogen-bond donors (Lipinski definition) is 9. The first kappa shape index (κ1) is 25.0. The van der Waals surface area contributed by atoms with Crippen LogP contribution in [-0.2, 0) is 25.6 Å². The smallest absolute Gasteiger partial charge is 0.328 e. The summed E-state index contributed by atoms with van der Waals surface area (Å²) in [6.45, 7) is -0.589. The molecule has 0 radical (unpaired) electrons. The number of aromatic amines is 1. The Kier molecular flexibility index (Phi) is 9.83. The van der Waals surface area contributed by atoms with E-state index >= 15 is 0 Å². The van der Waals surface area contributed by atoms with E-state index in [9.17, 15) is 29.4 Å². The van der Waals surface area contributed by atoms with Crippen molar-refractivity contribution in [2.45, 2.75) is 43.6 Å². The molecule has 3 amide bonds. The molecule has 0 aliphatic heterocycles. The summed E-state index contributed by atoms with van der Waals surface area (Å²) in [6, 6.07) is -5.82. The van der Waals surface area contributed by atoms with Crippen LogP contribution in [0.2, 0.25) is 0 Å². The number of aromatic nitrogens is 2. The maximum atomic E-state index is 12.4. The summed E-state index contributed by atoms with van der Waals surface area (Å²) in [5.41, 5.74) is 6.33. The zero-order valence-electron chi connectivity index (χ0n) is 16.1. The third kappa shape index (κ3) is 7.40. The molecule has 14 heteroatoms. The topological polar surface area (TPSA) is 240 Å². The second-order valence-electron chi connectivity index (χ2n) is 6.44. The Bertz CT molecular complexity index is 725. The van der Waals surface area contributed by atoms with Crippen LogP contribution in [-0.4, -0.2) is 97.6 Å². The van der Waals surface area contributed by atoms with Crippen LogP contribution in [0.25, 0.3) is 0 Å². The number of carboxylic acids is 1. The Hall–Kier alpha value is -3.07. The zero-order valence-corrected chi connectivity index (χ0v) is 16.1. The molecule has 0 spiro atoms. The highest BCUT2D eigenvalue weighted by Gasteiger charge is 2.32. The van der Waals surface area contributed by atoms with E-state index in [1.54, 1.807) is 0 Å². The molecule has 0 saturated carbocycles. The molecule has 14 nitrogen and oxygen atoms in total. The summed E-state index contributed by atoms with van der Waals surface area (Å²) in [5, 5.41) is 43.3. The monoisotopic (exact) mass is 430 g/mol. The van der Waals surface area contributed by atoms with Gasteiger partial charge in [0, 0.05) is 18.3 Å². The van der Waals surface area contributed by atoms with E-state index in [4.69, 9.17) is 15.9 Å². The first-order valence-corrected chi connectivity index (χ1v) is 8.87. The number of aliphatic hydroxyl groups excluding tert-OH is 3. The van der Waals surface area contributed by atoms with Gasteiger partial charge in [-0.1, -0.05) is 0 Å². The van der Waals surface area contributed by atoms with Gasteiger partial charge in [0.25, 0.3) is 0 Å². The van der Waals surface area contributed by atoms with Crippen LogP contribution in [0, 0.1) is 0 Å². The van der Waals surface area contributed by atoms with Crippen LogP contribution in [0.15, 0.2) is 12.5 Å². The number of carboxylic acid groups (broad SMARTS) is 1. The SMILES string of the molecule is CC(O)C(NC(=O)C(CO)NC(=O)C(N)Cc1cnc[nH]1)C(=O)NC(CO)C(=O)O. The lowest BCUT2D eigenvalue weighted by atomic mass is 10.1. The second-order valence-corrected chi connectivity index (χ2v) is 6.44. The van der Waals surface area contributed by atoms with Gasteiger partial charge in [0.1, 0.15) is 18.1 Å². The number of amides is 3. The molecule has 1 aromatic rings. The van der Waals surface area contributed by atoms with Crippen LogP contribution in [0.5, 0.6) is 0 Å². The van der Waals surface area contributed by atoms with Crippen molar-refractivity contribution in [3.05, 3.63) is 18.2 Å². The second kappa shape index (κ2) is 11.8. The number of H-pyrrole nitrogens is 1. The fourth-order valence-electron chi connectivity index (χ4n) is 2.30. The van der Waals surface area contributed by atoms with Crippen LogP contribution >= 0.6 is 0 Å². The maximum Gasteiger partial charge on any atom is 0.328 e. The first-order valence-electron chi connectivity index (χ1n) is 8.87.